The van der Waals surface area contributed by atoms with E-state index >= 15 is 0 Å². The largest absolute Gasteiger partial charge is 0.496 e. The third kappa shape index (κ3) is 5.38. The normalized spacial score (nSPS) is 17.8. The minimum absolute atomic E-state index is 0.0166. The number of hydrogen-bond acceptors (Lipinski definition) is 4. The Labute approximate surface area is 231 Å². The number of nitrogens with zero attached hydrogens (tertiary/aromatic N) is 2. The molecule has 5 rings (SSSR count). The number of hydrogen-bond donors (Lipinski definition) is 0. The number of ether oxygens (including phenoxy) is 1. The van der Waals surface area contributed by atoms with Crippen LogP contribution in [0.2, 0.25) is 10.0 Å². The monoisotopic (exact) mass is 556 g/mol. The van der Waals surface area contributed by atoms with Crippen LogP contribution in [-0.2, 0) is 11.2 Å². The van der Waals surface area contributed by atoms with Crippen molar-refractivity contribution in [1.29, 1.82) is 0 Å². The number of para-hydroxylation sites is 1. The van der Waals surface area contributed by atoms with Crippen molar-refractivity contribution in [2.75, 3.05) is 20.2 Å². The summed E-state index contributed by atoms with van der Waals surface area (Å²) in [4.78, 5) is 32.9. The topological polar surface area (TPSA) is 49.9 Å². The fraction of sp³-hybridized carbons (Fsp3) is 0.379. The minimum Gasteiger partial charge on any atom is -0.496 e. The van der Waals surface area contributed by atoms with Crippen LogP contribution < -0.4 is 4.74 Å². The summed E-state index contributed by atoms with van der Waals surface area (Å²) in [6, 6.07) is 14.5. The van der Waals surface area contributed by atoms with E-state index in [0.29, 0.717) is 27.9 Å². The molecule has 1 aromatic heterocycles. The number of methoxy groups -OCH3 is 1. The van der Waals surface area contributed by atoms with Crippen LogP contribution >= 0.6 is 34.5 Å². The summed E-state index contributed by atoms with van der Waals surface area (Å²) < 4.78 is 5.49. The zero-order valence-electron chi connectivity index (χ0n) is 20.8. The fourth-order valence-electron chi connectivity index (χ4n) is 5.62. The molecule has 0 N–H and O–H groups in total. The molecule has 2 heterocycles. The average molecular weight is 558 g/mol. The highest BCUT2D eigenvalue weighted by Gasteiger charge is 2.37. The Bertz CT molecular complexity index is 1290. The lowest BCUT2D eigenvalue weighted by Crippen LogP contribution is -2.50. The second-order valence-electron chi connectivity index (χ2n) is 9.63. The van der Waals surface area contributed by atoms with Crippen LogP contribution in [0.15, 0.2) is 53.9 Å². The SMILES string of the molecule is COc1ccccc1C(=O)N(CC(=O)N1CCc2sccc2C1c1ccc(Cl)cc1Cl)C1CCCCC1. The van der Waals surface area contributed by atoms with Crippen LogP contribution in [0.1, 0.15) is 64.5 Å². The molecule has 3 aromatic rings. The Balaban J connectivity index is 1.48. The molecule has 1 fully saturated rings. The first-order valence-corrected chi connectivity index (χ1v) is 14.4. The van der Waals surface area contributed by atoms with Crippen molar-refractivity contribution in [3.05, 3.63) is 85.5 Å². The smallest absolute Gasteiger partial charge is 0.258 e. The van der Waals surface area contributed by atoms with Crippen LogP contribution in [0.25, 0.3) is 0 Å². The van der Waals surface area contributed by atoms with Gasteiger partial charge < -0.3 is 14.5 Å². The summed E-state index contributed by atoms with van der Waals surface area (Å²) in [5.41, 5.74) is 2.42. The Morgan fingerprint density at radius 3 is 2.59 bits per heavy atom. The summed E-state index contributed by atoms with van der Waals surface area (Å²) in [5, 5.41) is 3.15. The highest BCUT2D eigenvalue weighted by atomic mass is 35.5. The van der Waals surface area contributed by atoms with Gasteiger partial charge in [-0.25, -0.2) is 0 Å². The van der Waals surface area contributed by atoms with E-state index in [1.54, 1.807) is 41.5 Å². The van der Waals surface area contributed by atoms with E-state index in [1.165, 1.54) is 4.88 Å². The van der Waals surface area contributed by atoms with Crippen LogP contribution in [0.5, 0.6) is 5.75 Å². The molecule has 37 heavy (non-hydrogen) atoms. The van der Waals surface area contributed by atoms with Crippen LogP contribution in [0.4, 0.5) is 0 Å². The average Bonchev–Trinajstić information content (AvgIpc) is 3.40. The number of amides is 2. The molecule has 2 aliphatic rings. The first-order chi connectivity index (χ1) is 18.0. The van der Waals surface area contributed by atoms with Crippen LogP contribution in [0, 0.1) is 0 Å². The van der Waals surface area contributed by atoms with Gasteiger partial charge in [-0.15, -0.1) is 11.3 Å². The van der Waals surface area contributed by atoms with Crippen molar-refractivity contribution < 1.29 is 14.3 Å². The van der Waals surface area contributed by atoms with Crippen molar-refractivity contribution >= 4 is 46.4 Å². The molecule has 1 atom stereocenters. The highest BCUT2D eigenvalue weighted by Crippen LogP contribution is 2.41. The van der Waals surface area contributed by atoms with E-state index in [2.05, 4.69) is 11.4 Å². The lowest BCUT2D eigenvalue weighted by molar-refractivity contribution is -0.134. The maximum Gasteiger partial charge on any atom is 0.258 e. The number of thiophene rings is 1. The second-order valence-corrected chi connectivity index (χ2v) is 11.5. The maximum atomic E-state index is 14.1. The van der Waals surface area contributed by atoms with Crippen LogP contribution in [0.3, 0.4) is 0 Å². The molecule has 1 aliphatic heterocycles. The van der Waals surface area contributed by atoms with E-state index in [-0.39, 0.29) is 30.4 Å². The van der Waals surface area contributed by atoms with Crippen molar-refractivity contribution in [2.45, 2.75) is 50.6 Å². The highest BCUT2D eigenvalue weighted by molar-refractivity contribution is 7.10. The van der Waals surface area contributed by atoms with Gasteiger partial charge in [0.25, 0.3) is 5.91 Å². The van der Waals surface area contributed by atoms with Gasteiger partial charge in [0.15, 0.2) is 0 Å². The molecule has 1 aliphatic carbocycles. The predicted molar refractivity (Wildman–Crippen MR) is 149 cm³/mol. The Morgan fingerprint density at radius 1 is 1.05 bits per heavy atom. The van der Waals surface area contributed by atoms with E-state index in [0.717, 1.165) is 49.7 Å². The van der Waals surface area contributed by atoms with Gasteiger partial charge in [-0.2, -0.15) is 0 Å². The number of halogens is 2. The van der Waals surface area contributed by atoms with Gasteiger partial charge in [-0.05, 0) is 66.1 Å². The van der Waals surface area contributed by atoms with Gasteiger partial charge >= 0.3 is 0 Å². The van der Waals surface area contributed by atoms with Gasteiger partial charge in [0.2, 0.25) is 5.91 Å². The van der Waals surface area contributed by atoms with Crippen molar-refractivity contribution in [1.82, 2.24) is 9.80 Å². The van der Waals surface area contributed by atoms with Crippen LogP contribution in [-0.4, -0.2) is 47.9 Å². The minimum atomic E-state index is -0.318. The molecule has 0 saturated heterocycles. The molecule has 1 saturated carbocycles. The lowest BCUT2D eigenvalue weighted by atomic mass is 9.92. The lowest BCUT2D eigenvalue weighted by Gasteiger charge is -2.40. The summed E-state index contributed by atoms with van der Waals surface area (Å²) in [6.07, 6.45) is 5.85. The summed E-state index contributed by atoms with van der Waals surface area (Å²) in [5.74, 6) is 0.279. The number of carbonyl (C=O) groups excluding carboxylic acids is 2. The first-order valence-electron chi connectivity index (χ1n) is 12.7. The molecule has 194 valence electrons. The fourth-order valence-corrected chi connectivity index (χ4v) is 7.03. The molecule has 5 nitrogen and oxygen atoms in total. The van der Waals surface area contributed by atoms with E-state index in [1.807, 2.05) is 29.2 Å². The first kappa shape index (κ1) is 26.1. The zero-order chi connectivity index (χ0) is 25.9. The quantitative estimate of drug-likeness (QED) is 0.328. The predicted octanol–water partition coefficient (Wildman–Crippen LogP) is 7.01. The van der Waals surface area contributed by atoms with Gasteiger partial charge in [0.1, 0.15) is 12.3 Å². The Kier molecular flexibility index (Phi) is 8.08. The van der Waals surface area contributed by atoms with E-state index in [4.69, 9.17) is 27.9 Å². The third-order valence-electron chi connectivity index (χ3n) is 7.46. The molecular formula is C29H30Cl2N2O3S. The molecule has 0 radical (unpaired) electrons. The van der Waals surface area contributed by atoms with Gasteiger partial charge in [-0.1, -0.05) is 60.7 Å². The number of rotatable bonds is 6. The van der Waals surface area contributed by atoms with E-state index in [9.17, 15) is 9.59 Å². The summed E-state index contributed by atoms with van der Waals surface area (Å²) in [6.45, 7) is 0.583. The standard InChI is InChI=1S/C29H30Cl2N2O3S/c1-36-25-10-6-5-9-22(25)29(35)33(20-7-3-2-4-8-20)18-27(34)32-15-13-26-23(14-16-37-26)28(32)21-12-11-19(30)17-24(21)31/h5-6,9-12,14,16-17,20,28H,2-4,7-8,13,15,18H2,1H3. The zero-order valence-corrected chi connectivity index (χ0v) is 23.1. The number of carbonyl (C=O) groups is 2. The molecule has 8 heteroatoms. The molecule has 1 unspecified atom stereocenters. The van der Waals surface area contributed by atoms with Gasteiger partial charge in [0, 0.05) is 27.5 Å². The second kappa shape index (κ2) is 11.5. The molecule has 2 aromatic carbocycles. The molecule has 2 amide bonds. The summed E-state index contributed by atoms with van der Waals surface area (Å²) >= 11 is 14.6. The van der Waals surface area contributed by atoms with Crippen molar-refractivity contribution in [2.24, 2.45) is 0 Å². The molecular weight excluding hydrogens is 527 g/mol. The summed E-state index contributed by atoms with van der Waals surface area (Å²) in [7, 11) is 1.56. The number of fused-ring (bicyclic) bond motifs is 1. The van der Waals surface area contributed by atoms with Gasteiger partial charge in [-0.3, -0.25) is 9.59 Å². The maximum absolute atomic E-state index is 14.1. The third-order valence-corrected chi connectivity index (χ3v) is 9.02. The van der Waals surface area contributed by atoms with Crippen molar-refractivity contribution in [3.63, 3.8) is 0 Å². The van der Waals surface area contributed by atoms with Crippen molar-refractivity contribution in [3.8, 4) is 5.75 Å². The molecule has 0 bridgehead atoms. The Morgan fingerprint density at radius 2 is 1.84 bits per heavy atom. The number of benzene rings is 2. The van der Waals surface area contributed by atoms with Gasteiger partial charge in [0.05, 0.1) is 18.7 Å². The molecule has 0 spiro atoms. The van der Waals surface area contributed by atoms with E-state index < -0.39 is 0 Å². The Hall–Kier alpha value is -2.54.